The summed E-state index contributed by atoms with van der Waals surface area (Å²) in [6, 6.07) is -0.377. The van der Waals surface area contributed by atoms with Gasteiger partial charge in [-0.2, -0.15) is 0 Å². The number of rotatable bonds is 4. The van der Waals surface area contributed by atoms with E-state index < -0.39 is 0 Å². The van der Waals surface area contributed by atoms with Crippen molar-refractivity contribution < 1.29 is 9.53 Å². The molecule has 1 rings (SSSR count). The van der Waals surface area contributed by atoms with Gasteiger partial charge >= 0.3 is 0 Å². The first-order valence-electron chi connectivity index (χ1n) is 5.60. The Morgan fingerprint density at radius 2 is 2.27 bits per heavy atom. The predicted molar refractivity (Wildman–Crippen MR) is 59.4 cm³/mol. The lowest BCUT2D eigenvalue weighted by Gasteiger charge is -2.25. The molecule has 15 heavy (non-hydrogen) atoms. The maximum atomic E-state index is 11.8. The molecule has 0 aromatic carbocycles. The third-order valence-electron chi connectivity index (χ3n) is 2.94. The van der Waals surface area contributed by atoms with E-state index in [0.29, 0.717) is 5.92 Å². The minimum absolute atomic E-state index is 0.0388. The number of likely N-dealkylation sites (N-methyl/N-ethyl adjacent to an activating group) is 1. The van der Waals surface area contributed by atoms with Crippen molar-refractivity contribution in [1.82, 2.24) is 4.90 Å². The number of hydrogen-bond donors (Lipinski definition) is 1. The summed E-state index contributed by atoms with van der Waals surface area (Å²) >= 11 is 0. The zero-order chi connectivity index (χ0) is 11.4. The van der Waals surface area contributed by atoms with Crippen molar-refractivity contribution in [2.45, 2.75) is 26.3 Å². The molecule has 0 aromatic rings. The number of hydrogen-bond acceptors (Lipinski definition) is 3. The summed E-state index contributed by atoms with van der Waals surface area (Å²) in [5.74, 6) is 0.718. The zero-order valence-corrected chi connectivity index (χ0v) is 9.90. The van der Waals surface area contributed by atoms with Crippen LogP contribution < -0.4 is 5.73 Å². The van der Waals surface area contributed by atoms with Crippen LogP contribution in [0, 0.1) is 11.8 Å². The van der Waals surface area contributed by atoms with Crippen molar-refractivity contribution in [3.05, 3.63) is 0 Å². The highest BCUT2D eigenvalue weighted by Gasteiger charge is 2.24. The van der Waals surface area contributed by atoms with Crippen LogP contribution in [-0.4, -0.2) is 43.7 Å². The number of amides is 1. The molecule has 1 unspecified atom stereocenters. The molecule has 88 valence electrons. The fraction of sp³-hybridized carbons (Fsp3) is 0.909. The summed E-state index contributed by atoms with van der Waals surface area (Å²) in [7, 11) is 1.82. The molecule has 2 atom stereocenters. The molecule has 2 N–H and O–H groups in total. The third kappa shape index (κ3) is 3.47. The number of carbonyl (C=O) groups excluding carboxylic acids is 1. The standard InChI is InChI=1S/C11H22N2O2/c1-8(2)10(12)11(14)13(3)6-9-4-5-15-7-9/h8-10H,4-7,12H2,1-3H3/t9?,10-/m1/s1. The first-order valence-corrected chi connectivity index (χ1v) is 5.60. The van der Waals surface area contributed by atoms with E-state index in [4.69, 9.17) is 10.5 Å². The van der Waals surface area contributed by atoms with Crippen molar-refractivity contribution in [3.8, 4) is 0 Å². The van der Waals surface area contributed by atoms with Crippen molar-refractivity contribution in [3.63, 3.8) is 0 Å². The van der Waals surface area contributed by atoms with Crippen LogP contribution in [0.25, 0.3) is 0 Å². The first kappa shape index (κ1) is 12.5. The second kappa shape index (κ2) is 5.47. The monoisotopic (exact) mass is 214 g/mol. The predicted octanol–water partition coefficient (Wildman–Crippen LogP) is 0.465. The molecular formula is C11H22N2O2. The van der Waals surface area contributed by atoms with Gasteiger partial charge in [0, 0.05) is 26.1 Å². The average molecular weight is 214 g/mol. The lowest BCUT2D eigenvalue weighted by molar-refractivity contribution is -0.132. The summed E-state index contributed by atoms with van der Waals surface area (Å²) in [6.45, 7) is 6.29. The number of nitrogens with zero attached hydrogens (tertiary/aromatic N) is 1. The summed E-state index contributed by atoms with van der Waals surface area (Å²) in [5.41, 5.74) is 5.81. The van der Waals surface area contributed by atoms with Gasteiger partial charge in [-0.25, -0.2) is 0 Å². The van der Waals surface area contributed by atoms with Crippen molar-refractivity contribution >= 4 is 5.91 Å². The maximum absolute atomic E-state index is 11.8. The Bertz CT molecular complexity index is 213. The van der Waals surface area contributed by atoms with E-state index in [-0.39, 0.29) is 17.9 Å². The fourth-order valence-electron chi connectivity index (χ4n) is 1.74. The molecule has 1 aliphatic rings. The number of ether oxygens (including phenoxy) is 1. The van der Waals surface area contributed by atoms with Gasteiger partial charge in [0.15, 0.2) is 0 Å². The number of carbonyl (C=O) groups is 1. The van der Waals surface area contributed by atoms with Crippen LogP contribution in [0.2, 0.25) is 0 Å². The minimum atomic E-state index is -0.377. The van der Waals surface area contributed by atoms with Crippen molar-refractivity contribution in [2.75, 3.05) is 26.8 Å². The van der Waals surface area contributed by atoms with Crippen LogP contribution in [0.15, 0.2) is 0 Å². The molecule has 0 bridgehead atoms. The van der Waals surface area contributed by atoms with Gasteiger partial charge in [-0.15, -0.1) is 0 Å². The Kier molecular flexibility index (Phi) is 4.54. The van der Waals surface area contributed by atoms with Crippen molar-refractivity contribution in [1.29, 1.82) is 0 Å². The second-order valence-corrected chi connectivity index (χ2v) is 4.72. The molecule has 0 aromatic heterocycles. The van der Waals surface area contributed by atoms with E-state index in [9.17, 15) is 4.79 Å². The van der Waals surface area contributed by atoms with E-state index in [1.807, 2.05) is 20.9 Å². The second-order valence-electron chi connectivity index (χ2n) is 4.72. The van der Waals surface area contributed by atoms with E-state index in [1.54, 1.807) is 4.90 Å². The summed E-state index contributed by atoms with van der Waals surface area (Å²) in [6.07, 6.45) is 1.05. The Balaban J connectivity index is 2.38. The average Bonchev–Trinajstić information content (AvgIpc) is 2.67. The molecule has 1 aliphatic heterocycles. The highest BCUT2D eigenvalue weighted by atomic mass is 16.5. The van der Waals surface area contributed by atoms with Gasteiger partial charge in [-0.1, -0.05) is 13.8 Å². The molecule has 1 fully saturated rings. The van der Waals surface area contributed by atoms with Crippen LogP contribution >= 0.6 is 0 Å². The summed E-state index contributed by atoms with van der Waals surface area (Å²) < 4.78 is 5.28. The molecule has 0 aliphatic carbocycles. The SMILES string of the molecule is CC(C)[C@@H](N)C(=O)N(C)CC1CCOC1. The highest BCUT2D eigenvalue weighted by Crippen LogP contribution is 2.14. The van der Waals surface area contributed by atoms with Gasteiger partial charge in [-0.3, -0.25) is 4.79 Å². The molecule has 4 nitrogen and oxygen atoms in total. The molecule has 1 amide bonds. The summed E-state index contributed by atoms with van der Waals surface area (Å²) in [4.78, 5) is 13.6. The normalized spacial score (nSPS) is 23.1. The molecule has 0 spiro atoms. The fourth-order valence-corrected chi connectivity index (χ4v) is 1.74. The lowest BCUT2D eigenvalue weighted by Crippen LogP contribution is -2.46. The van der Waals surface area contributed by atoms with Crippen LogP contribution in [0.5, 0.6) is 0 Å². The van der Waals surface area contributed by atoms with Gasteiger partial charge in [0.25, 0.3) is 0 Å². The maximum Gasteiger partial charge on any atom is 0.239 e. The third-order valence-corrected chi connectivity index (χ3v) is 2.94. The minimum Gasteiger partial charge on any atom is -0.381 e. The molecule has 0 radical (unpaired) electrons. The van der Waals surface area contributed by atoms with Crippen LogP contribution in [0.1, 0.15) is 20.3 Å². The topological polar surface area (TPSA) is 55.6 Å². The highest BCUT2D eigenvalue weighted by molar-refractivity contribution is 5.81. The van der Waals surface area contributed by atoms with Gasteiger partial charge in [0.1, 0.15) is 0 Å². The molecule has 1 saturated heterocycles. The first-order chi connectivity index (χ1) is 7.02. The number of nitrogens with two attached hydrogens (primary N) is 1. The van der Waals surface area contributed by atoms with Gasteiger partial charge in [0.05, 0.1) is 12.6 Å². The zero-order valence-electron chi connectivity index (χ0n) is 9.90. The van der Waals surface area contributed by atoms with Crippen LogP contribution in [0.3, 0.4) is 0 Å². The van der Waals surface area contributed by atoms with Gasteiger partial charge in [-0.05, 0) is 12.3 Å². The Morgan fingerprint density at radius 1 is 1.60 bits per heavy atom. The molecule has 0 saturated carbocycles. The van der Waals surface area contributed by atoms with Crippen LogP contribution in [0.4, 0.5) is 0 Å². The van der Waals surface area contributed by atoms with E-state index in [1.165, 1.54) is 0 Å². The quantitative estimate of drug-likeness (QED) is 0.740. The summed E-state index contributed by atoms with van der Waals surface area (Å²) in [5, 5.41) is 0. The van der Waals surface area contributed by atoms with Gasteiger partial charge < -0.3 is 15.4 Å². The van der Waals surface area contributed by atoms with Crippen molar-refractivity contribution in [2.24, 2.45) is 17.6 Å². The van der Waals surface area contributed by atoms with Gasteiger partial charge in [0.2, 0.25) is 5.91 Å². The largest absolute Gasteiger partial charge is 0.381 e. The van der Waals surface area contributed by atoms with Crippen LogP contribution in [-0.2, 0) is 9.53 Å². The van der Waals surface area contributed by atoms with E-state index >= 15 is 0 Å². The molecule has 4 heteroatoms. The van der Waals surface area contributed by atoms with E-state index in [0.717, 1.165) is 26.2 Å². The lowest BCUT2D eigenvalue weighted by atomic mass is 10.0. The molecule has 1 heterocycles. The smallest absolute Gasteiger partial charge is 0.239 e. The Morgan fingerprint density at radius 3 is 2.73 bits per heavy atom. The Hall–Kier alpha value is -0.610. The Labute approximate surface area is 91.8 Å². The molecular weight excluding hydrogens is 192 g/mol. The van der Waals surface area contributed by atoms with E-state index in [2.05, 4.69) is 0 Å².